The highest BCUT2D eigenvalue weighted by molar-refractivity contribution is 6.04. The summed E-state index contributed by atoms with van der Waals surface area (Å²) in [5.41, 5.74) is 2.95. The van der Waals surface area contributed by atoms with Crippen LogP contribution in [0.25, 0.3) is 0 Å². The quantitative estimate of drug-likeness (QED) is 0.445. The van der Waals surface area contributed by atoms with Gasteiger partial charge in [0.25, 0.3) is 0 Å². The molecule has 0 bridgehead atoms. The third-order valence-electron chi connectivity index (χ3n) is 2.28. The van der Waals surface area contributed by atoms with Gasteiger partial charge in [0.15, 0.2) is 0 Å². The second-order valence-corrected chi connectivity index (χ2v) is 3.94. The predicted molar refractivity (Wildman–Crippen MR) is 74.3 cm³/mol. The van der Waals surface area contributed by atoms with E-state index in [4.69, 9.17) is 1.43 Å². The van der Waals surface area contributed by atoms with E-state index in [0.717, 1.165) is 16.7 Å². The zero-order valence-corrected chi connectivity index (χ0v) is 10.4. The summed E-state index contributed by atoms with van der Waals surface area (Å²) in [6.07, 6.45) is 13.2. The summed E-state index contributed by atoms with van der Waals surface area (Å²) < 4.78 is 7.05. The third-order valence-corrected chi connectivity index (χ3v) is 2.28. The third kappa shape index (κ3) is 4.99. The smallest absolute Gasteiger partial charge is 0.274 e. The molecule has 1 heteroatoms. The van der Waals surface area contributed by atoms with Crippen LogP contribution in [0.1, 0.15) is 22.2 Å². The first-order valence-electron chi connectivity index (χ1n) is 5.93. The lowest BCUT2D eigenvalue weighted by Crippen LogP contribution is -1.94. The molecule has 0 amide bonds. The van der Waals surface area contributed by atoms with Gasteiger partial charge in [-0.05, 0) is 38.5 Å². The van der Waals surface area contributed by atoms with E-state index in [1.54, 1.807) is 6.08 Å². The summed E-state index contributed by atoms with van der Waals surface area (Å²) in [5, 5.41) is 0. The van der Waals surface area contributed by atoms with E-state index < -0.39 is 0 Å². The van der Waals surface area contributed by atoms with Gasteiger partial charge < -0.3 is 0 Å². The van der Waals surface area contributed by atoms with Gasteiger partial charge in [-0.15, -0.1) is 0 Å². The van der Waals surface area contributed by atoms with Crippen LogP contribution in [0.2, 0.25) is 0 Å². The predicted octanol–water partition coefficient (Wildman–Crippen LogP) is 3.50. The van der Waals surface area contributed by atoms with E-state index in [1.807, 2.05) is 57.2 Å². The van der Waals surface area contributed by atoms with Gasteiger partial charge >= 0.3 is 7.21 Å². The van der Waals surface area contributed by atoms with E-state index in [0.29, 0.717) is 5.78 Å². The van der Waals surface area contributed by atoms with E-state index in [2.05, 4.69) is 16.6 Å². The fourth-order valence-electron chi connectivity index (χ4n) is 1.18. The normalized spacial score (nSPS) is 32.8. The molecule has 0 unspecified atom stereocenters. The van der Waals surface area contributed by atoms with Crippen molar-refractivity contribution >= 4 is 5.78 Å². The number of allylic oxidation sites excluding steroid dienone is 10. The lowest BCUT2D eigenvalue weighted by molar-refractivity contribution is 0.680. The molecule has 0 aromatic carbocycles. The Kier molecular flexibility index (Phi) is 4.36. The van der Waals surface area contributed by atoms with Gasteiger partial charge in [0.1, 0.15) is 0 Å². The lowest BCUT2D eigenvalue weighted by atomic mass is 10.1. The zero-order chi connectivity index (χ0) is 13.4. The van der Waals surface area contributed by atoms with Crippen LogP contribution in [0.5, 0.6) is 0 Å². The van der Waals surface area contributed by atoms with Crippen LogP contribution in [-0.2, 0) is 0 Å². The monoisotopic (exact) mass is 226 g/mol. The molecule has 0 heterocycles. The number of rotatable bonds is 0. The Morgan fingerprint density at radius 3 is 2.71 bits per heavy atom. The largest absolute Gasteiger partial charge is 0.686 e. The minimum Gasteiger partial charge on any atom is -0.274 e. The van der Waals surface area contributed by atoms with Crippen molar-refractivity contribution in [3.63, 3.8) is 0 Å². The Bertz CT molecular complexity index is 543. The first-order chi connectivity index (χ1) is 8.63. The van der Waals surface area contributed by atoms with E-state index >= 15 is 0 Å². The summed E-state index contributed by atoms with van der Waals surface area (Å²) in [4.78, 5) is 4.61. The van der Waals surface area contributed by atoms with Gasteiger partial charge in [-0.3, -0.25) is 4.80 Å². The summed E-state index contributed by atoms with van der Waals surface area (Å²) in [6.45, 7) is 5.85. The molecule has 1 N–H and O–H groups in total. The van der Waals surface area contributed by atoms with Crippen LogP contribution in [-0.4, -0.2) is 10.6 Å². The maximum Gasteiger partial charge on any atom is 0.686 e. The fraction of sp³-hybridized carbons (Fsp3) is 0.188. The zero-order valence-electron chi connectivity index (χ0n) is 11.4. The number of carbonyl (C=O) groups excluding carboxylic acids is 1. The van der Waals surface area contributed by atoms with Crippen molar-refractivity contribution in [2.45, 2.75) is 20.8 Å². The topological polar surface area (TPSA) is 21.4 Å². The Morgan fingerprint density at radius 2 is 1.94 bits per heavy atom. The second kappa shape index (κ2) is 6.50. The highest BCUT2D eigenvalue weighted by atomic mass is 16.1. The van der Waals surface area contributed by atoms with E-state index in [1.165, 1.54) is 0 Å². The van der Waals surface area contributed by atoms with Crippen LogP contribution in [0, 0.1) is 11.8 Å². The standard InChI is InChI=1S/C16H16O/c1-13-7-4-5-8-14(2)11-12-15(3)16(17)10-6-9-13/h4,6-7,9-12H,1-3H3/p+1/b7-4-,10-6+,13-9-,14-11-,15-12+/i/hD. The van der Waals surface area contributed by atoms with Crippen molar-refractivity contribution in [1.29, 1.82) is 0 Å². The van der Waals surface area contributed by atoms with Crippen molar-refractivity contribution < 1.29 is 6.23 Å². The first-order valence-corrected chi connectivity index (χ1v) is 5.52. The summed E-state index contributed by atoms with van der Waals surface area (Å²) in [6, 6.07) is 0. The molecule has 0 radical (unpaired) electrons. The van der Waals surface area contributed by atoms with E-state index in [9.17, 15) is 0 Å². The minimum absolute atomic E-state index is 0.527. The molecule has 1 aliphatic rings. The highest BCUT2D eigenvalue weighted by Gasteiger charge is 2.04. The molecule has 0 saturated carbocycles. The maximum absolute atomic E-state index is 7.05. The van der Waals surface area contributed by atoms with Crippen LogP contribution < -0.4 is 0 Å². The highest BCUT2D eigenvalue weighted by Crippen LogP contribution is 2.02. The molecule has 0 spiro atoms. The van der Waals surface area contributed by atoms with Crippen molar-refractivity contribution in [1.82, 2.24) is 0 Å². The molecule has 0 aromatic heterocycles. The molecule has 0 atom stereocenters. The number of ketones is 1. The molecule has 17 heavy (non-hydrogen) atoms. The molecular weight excluding hydrogens is 208 g/mol. The lowest BCUT2D eigenvalue weighted by Gasteiger charge is -1.87. The van der Waals surface area contributed by atoms with Gasteiger partial charge in [-0.1, -0.05) is 41.7 Å². The maximum atomic E-state index is 7.05. The van der Waals surface area contributed by atoms with Gasteiger partial charge in [0.05, 0.1) is 5.57 Å². The van der Waals surface area contributed by atoms with Gasteiger partial charge in [-0.2, -0.15) is 0 Å². The molecular formula is C16H17O+. The minimum atomic E-state index is 0.527. The second-order valence-electron chi connectivity index (χ2n) is 3.94. The average Bonchev–Trinajstić information content (AvgIpc) is 2.37. The Hall–Kier alpha value is -2.07. The van der Waals surface area contributed by atoms with E-state index in [-0.39, 0.29) is 0 Å². The van der Waals surface area contributed by atoms with Gasteiger partial charge in [0.2, 0.25) is 0 Å². The van der Waals surface area contributed by atoms with Gasteiger partial charge in [0, 0.05) is 6.08 Å². The molecule has 1 nitrogen and oxygen atoms in total. The molecule has 0 aromatic rings. The van der Waals surface area contributed by atoms with Crippen LogP contribution in [0.4, 0.5) is 0 Å². The summed E-state index contributed by atoms with van der Waals surface area (Å²) >= 11 is 0. The summed E-state index contributed by atoms with van der Waals surface area (Å²) in [5.74, 6) is 6.53. The average molecular weight is 226 g/mol. The van der Waals surface area contributed by atoms with Crippen molar-refractivity contribution in [3.8, 4) is 11.8 Å². The molecule has 1 rings (SSSR count). The van der Waals surface area contributed by atoms with Crippen LogP contribution >= 0.6 is 0 Å². The molecule has 1 aliphatic carbocycles. The van der Waals surface area contributed by atoms with Crippen molar-refractivity contribution in [3.05, 3.63) is 59.3 Å². The Morgan fingerprint density at radius 1 is 1.12 bits per heavy atom. The van der Waals surface area contributed by atoms with Gasteiger partial charge in [-0.25, -0.2) is 0 Å². The number of hydrogen-bond donors (Lipinski definition) is 0. The SMILES string of the molecule is [2H][O+]=C1/C=C/C=C(C)\C=C/C#C/C(C)=C\C=C\1C. The molecule has 0 aliphatic heterocycles. The Balaban J connectivity index is 3.22. The molecule has 0 saturated heterocycles. The first kappa shape index (κ1) is 11.4. The van der Waals surface area contributed by atoms with Crippen LogP contribution in [0.3, 0.4) is 0 Å². The fourth-order valence-corrected chi connectivity index (χ4v) is 1.18. The molecule has 86 valence electrons. The number of hydrogen-bond acceptors (Lipinski definition) is 0. The van der Waals surface area contributed by atoms with Crippen molar-refractivity contribution in [2.24, 2.45) is 0 Å². The van der Waals surface area contributed by atoms with Crippen molar-refractivity contribution in [2.75, 3.05) is 0 Å². The summed E-state index contributed by atoms with van der Waals surface area (Å²) in [7, 11) is 0. The Labute approximate surface area is 104 Å². The van der Waals surface area contributed by atoms with Crippen LogP contribution in [0.15, 0.2) is 59.3 Å². The molecule has 0 fully saturated rings.